The zero-order chi connectivity index (χ0) is 17.8. The molecule has 0 radical (unpaired) electrons. The van der Waals surface area contributed by atoms with Crippen LogP contribution >= 0.6 is 11.8 Å². The van der Waals surface area contributed by atoms with Crippen molar-refractivity contribution in [1.29, 1.82) is 0 Å². The van der Waals surface area contributed by atoms with Gasteiger partial charge in [-0.2, -0.15) is 13.5 Å². The molecular weight excluding hydrogens is 340 g/mol. The Hall–Kier alpha value is -1.79. The van der Waals surface area contributed by atoms with Gasteiger partial charge in [0, 0.05) is 15.2 Å². The Kier molecular flexibility index (Phi) is 5.72. The van der Waals surface area contributed by atoms with Crippen molar-refractivity contribution in [3.8, 4) is 0 Å². The fourth-order valence-electron chi connectivity index (χ4n) is 1.95. The molecule has 4 nitrogen and oxygen atoms in total. The van der Waals surface area contributed by atoms with Gasteiger partial charge in [0.05, 0.1) is 11.1 Å². The third-order valence-electron chi connectivity index (χ3n) is 3.04. The highest BCUT2D eigenvalue weighted by atomic mass is 32.2. The third-order valence-corrected chi connectivity index (χ3v) is 5.49. The SMILES string of the molecule is Cc1ccc(S(=O)(=O)NN=Cc2ccccc2SC(C)(C)C)cc1. The Labute approximate surface area is 148 Å². The van der Waals surface area contributed by atoms with Gasteiger partial charge in [0.25, 0.3) is 10.0 Å². The predicted octanol–water partition coefficient (Wildman–Crippen LogP) is 4.20. The zero-order valence-corrected chi connectivity index (χ0v) is 15.9. The second kappa shape index (κ2) is 7.40. The van der Waals surface area contributed by atoms with E-state index in [1.165, 1.54) is 0 Å². The zero-order valence-electron chi connectivity index (χ0n) is 14.3. The topological polar surface area (TPSA) is 58.5 Å². The second-order valence-corrected chi connectivity index (χ2v) is 9.95. The molecule has 1 N–H and O–H groups in total. The van der Waals surface area contributed by atoms with Crippen LogP contribution in [0.5, 0.6) is 0 Å². The fourth-order valence-corrected chi connectivity index (χ4v) is 3.78. The summed E-state index contributed by atoms with van der Waals surface area (Å²) >= 11 is 1.71. The molecule has 24 heavy (non-hydrogen) atoms. The summed E-state index contributed by atoms with van der Waals surface area (Å²) in [6.45, 7) is 8.30. The van der Waals surface area contributed by atoms with E-state index in [0.29, 0.717) is 0 Å². The average molecular weight is 363 g/mol. The van der Waals surface area contributed by atoms with Crippen molar-refractivity contribution in [1.82, 2.24) is 4.83 Å². The number of hydrogen-bond acceptors (Lipinski definition) is 4. The normalized spacial score (nSPS) is 12.5. The molecule has 2 aromatic rings. The molecule has 0 saturated heterocycles. The summed E-state index contributed by atoms with van der Waals surface area (Å²) in [6.07, 6.45) is 1.54. The highest BCUT2D eigenvalue weighted by Crippen LogP contribution is 2.33. The molecule has 0 atom stereocenters. The molecule has 0 spiro atoms. The van der Waals surface area contributed by atoms with Crippen molar-refractivity contribution < 1.29 is 8.42 Å². The Balaban J connectivity index is 2.16. The number of hydrazone groups is 1. The summed E-state index contributed by atoms with van der Waals surface area (Å²) in [4.78, 5) is 3.52. The highest BCUT2D eigenvalue weighted by molar-refractivity contribution is 8.00. The van der Waals surface area contributed by atoms with Crippen molar-refractivity contribution in [3.05, 3.63) is 59.7 Å². The van der Waals surface area contributed by atoms with Gasteiger partial charge in [-0.1, -0.05) is 56.7 Å². The Morgan fingerprint density at radius 3 is 2.29 bits per heavy atom. The lowest BCUT2D eigenvalue weighted by Gasteiger charge is -2.18. The quantitative estimate of drug-likeness (QED) is 0.493. The van der Waals surface area contributed by atoms with Crippen LogP contribution in [-0.4, -0.2) is 19.4 Å². The van der Waals surface area contributed by atoms with Gasteiger partial charge in [0.15, 0.2) is 0 Å². The van der Waals surface area contributed by atoms with Crippen molar-refractivity contribution in [2.75, 3.05) is 0 Å². The molecule has 0 unspecified atom stereocenters. The molecule has 0 fully saturated rings. The third kappa shape index (κ3) is 5.39. The van der Waals surface area contributed by atoms with Gasteiger partial charge in [0.1, 0.15) is 0 Å². The fraction of sp³-hybridized carbons (Fsp3) is 0.278. The molecule has 0 aliphatic heterocycles. The summed E-state index contributed by atoms with van der Waals surface area (Å²) in [5.41, 5.74) is 1.88. The van der Waals surface area contributed by atoms with Crippen LogP contribution in [0.15, 0.2) is 63.4 Å². The van der Waals surface area contributed by atoms with Crippen LogP contribution in [0.2, 0.25) is 0 Å². The van der Waals surface area contributed by atoms with Gasteiger partial charge in [-0.25, -0.2) is 4.83 Å². The van der Waals surface area contributed by atoms with E-state index in [-0.39, 0.29) is 9.64 Å². The number of hydrogen-bond donors (Lipinski definition) is 1. The number of benzene rings is 2. The molecular formula is C18H22N2O2S2. The minimum Gasteiger partial charge on any atom is -0.200 e. The van der Waals surface area contributed by atoms with Crippen molar-refractivity contribution in [3.63, 3.8) is 0 Å². The maximum Gasteiger partial charge on any atom is 0.276 e. The van der Waals surface area contributed by atoms with E-state index in [9.17, 15) is 8.42 Å². The van der Waals surface area contributed by atoms with E-state index in [1.54, 1.807) is 42.2 Å². The summed E-state index contributed by atoms with van der Waals surface area (Å²) in [5, 5.41) is 3.93. The van der Waals surface area contributed by atoms with E-state index in [0.717, 1.165) is 16.0 Å². The van der Waals surface area contributed by atoms with E-state index >= 15 is 0 Å². The molecule has 2 aromatic carbocycles. The van der Waals surface area contributed by atoms with Crippen LogP contribution in [0.3, 0.4) is 0 Å². The molecule has 0 aliphatic carbocycles. The number of sulfonamides is 1. The van der Waals surface area contributed by atoms with Crippen LogP contribution < -0.4 is 4.83 Å². The highest BCUT2D eigenvalue weighted by Gasteiger charge is 2.14. The van der Waals surface area contributed by atoms with Gasteiger partial charge in [0.2, 0.25) is 0 Å². The van der Waals surface area contributed by atoms with Crippen molar-refractivity contribution in [2.24, 2.45) is 5.10 Å². The summed E-state index contributed by atoms with van der Waals surface area (Å²) < 4.78 is 24.5. The molecule has 128 valence electrons. The molecule has 0 aromatic heterocycles. The van der Waals surface area contributed by atoms with E-state index in [4.69, 9.17) is 0 Å². The molecule has 0 saturated carbocycles. The molecule has 0 amide bonds. The summed E-state index contributed by atoms with van der Waals surface area (Å²) in [5.74, 6) is 0. The molecule has 0 heterocycles. The number of nitrogens with one attached hydrogen (secondary N) is 1. The maximum atomic E-state index is 12.2. The minimum absolute atomic E-state index is 0.0609. The molecule has 0 bridgehead atoms. The lowest BCUT2D eigenvalue weighted by molar-refractivity contribution is 0.584. The monoisotopic (exact) mass is 362 g/mol. The maximum absolute atomic E-state index is 12.2. The average Bonchev–Trinajstić information content (AvgIpc) is 2.48. The Bertz CT molecular complexity index is 821. The lowest BCUT2D eigenvalue weighted by atomic mass is 10.2. The second-order valence-electron chi connectivity index (χ2n) is 6.42. The number of rotatable bonds is 5. The predicted molar refractivity (Wildman–Crippen MR) is 101 cm³/mol. The molecule has 6 heteroatoms. The number of aryl methyl sites for hydroxylation is 1. The van der Waals surface area contributed by atoms with Gasteiger partial charge in [-0.3, -0.25) is 0 Å². The first-order chi connectivity index (χ1) is 11.2. The Morgan fingerprint density at radius 2 is 1.67 bits per heavy atom. The van der Waals surface area contributed by atoms with Crippen molar-refractivity contribution in [2.45, 2.75) is 42.2 Å². The van der Waals surface area contributed by atoms with Crippen LogP contribution in [0.25, 0.3) is 0 Å². The first-order valence-electron chi connectivity index (χ1n) is 7.57. The first-order valence-corrected chi connectivity index (χ1v) is 9.87. The van der Waals surface area contributed by atoms with E-state index in [1.807, 2.05) is 31.2 Å². The van der Waals surface area contributed by atoms with Gasteiger partial charge < -0.3 is 0 Å². The summed E-state index contributed by atoms with van der Waals surface area (Å²) in [7, 11) is -3.65. The van der Waals surface area contributed by atoms with Crippen LogP contribution in [0.4, 0.5) is 0 Å². The van der Waals surface area contributed by atoms with E-state index < -0.39 is 10.0 Å². The minimum atomic E-state index is -3.65. The van der Waals surface area contributed by atoms with Gasteiger partial charge in [-0.15, -0.1) is 11.8 Å². The molecule has 0 aliphatic rings. The van der Waals surface area contributed by atoms with Gasteiger partial charge in [-0.05, 0) is 25.1 Å². The van der Waals surface area contributed by atoms with E-state index in [2.05, 4.69) is 30.7 Å². The van der Waals surface area contributed by atoms with Crippen molar-refractivity contribution >= 4 is 28.0 Å². The smallest absolute Gasteiger partial charge is 0.200 e. The van der Waals surface area contributed by atoms with Gasteiger partial charge >= 0.3 is 0 Å². The van der Waals surface area contributed by atoms with Crippen LogP contribution in [-0.2, 0) is 10.0 Å². The summed E-state index contributed by atoms with van der Waals surface area (Å²) in [6, 6.07) is 14.4. The number of thioether (sulfide) groups is 1. The first kappa shape index (κ1) is 18.5. The standard InChI is InChI=1S/C18H22N2O2S2/c1-14-9-11-16(12-10-14)24(21,22)20-19-13-15-7-5-6-8-17(15)23-18(2,3)4/h5-13,20H,1-4H3. The Morgan fingerprint density at radius 1 is 1.04 bits per heavy atom. The van der Waals surface area contributed by atoms with Crippen LogP contribution in [0.1, 0.15) is 31.9 Å². The van der Waals surface area contributed by atoms with Crippen LogP contribution in [0, 0.1) is 6.92 Å². The lowest BCUT2D eigenvalue weighted by Crippen LogP contribution is -2.18. The number of nitrogens with zero attached hydrogens (tertiary/aromatic N) is 1. The largest absolute Gasteiger partial charge is 0.276 e. The molecule has 2 rings (SSSR count).